The Labute approximate surface area is 230 Å². The van der Waals surface area contributed by atoms with E-state index in [1.54, 1.807) is 6.07 Å². The van der Waals surface area contributed by atoms with Crippen molar-refractivity contribution in [3.8, 4) is 17.0 Å². The van der Waals surface area contributed by atoms with Crippen LogP contribution in [0.5, 0.6) is 5.75 Å². The van der Waals surface area contributed by atoms with E-state index in [2.05, 4.69) is 44.8 Å². The van der Waals surface area contributed by atoms with E-state index in [1.807, 2.05) is 18.2 Å². The monoisotopic (exact) mass is 550 g/mol. The van der Waals surface area contributed by atoms with Gasteiger partial charge in [0, 0.05) is 41.7 Å². The minimum absolute atomic E-state index is 0.0938. The Bertz CT molecular complexity index is 1480. The van der Waals surface area contributed by atoms with E-state index in [1.165, 1.54) is 30.5 Å². The van der Waals surface area contributed by atoms with Crippen molar-refractivity contribution in [2.45, 2.75) is 57.0 Å². The molecule has 3 heterocycles. The number of amides is 1. The number of rotatable bonds is 1. The van der Waals surface area contributed by atoms with E-state index < -0.39 is 15.9 Å². The zero-order valence-electron chi connectivity index (χ0n) is 22.6. The lowest BCUT2D eigenvalue weighted by molar-refractivity contribution is 0.0981. The molecule has 2 aromatic carbocycles. The molecule has 6 rings (SSSR count). The Hall–Kier alpha value is -2.88. The number of nitrogens with zero attached hydrogens (tertiary/aromatic N) is 2. The Morgan fingerprint density at radius 2 is 1.82 bits per heavy atom. The molecule has 39 heavy (non-hydrogen) atoms. The normalized spacial score (nSPS) is 23.1. The molecule has 9 heteroatoms. The zero-order valence-corrected chi connectivity index (χ0v) is 23.4. The smallest absolute Gasteiger partial charge is 0.264 e. The fourth-order valence-corrected chi connectivity index (χ4v) is 7.53. The van der Waals surface area contributed by atoms with E-state index in [-0.39, 0.29) is 11.8 Å². The second-order valence-corrected chi connectivity index (χ2v) is 13.1. The first kappa shape index (κ1) is 26.3. The Kier molecular flexibility index (Phi) is 7.39. The number of hydrogen-bond donors (Lipinski definition) is 2. The Morgan fingerprint density at radius 1 is 1.00 bits per heavy atom. The van der Waals surface area contributed by atoms with Crippen molar-refractivity contribution in [1.82, 2.24) is 19.5 Å². The number of benzene rings is 2. The molecule has 4 bridgehead atoms. The molecule has 0 unspecified atom stereocenters. The molecule has 3 aliphatic rings. The molecule has 2 N–H and O–H groups in total. The van der Waals surface area contributed by atoms with E-state index in [9.17, 15) is 13.2 Å². The van der Waals surface area contributed by atoms with Crippen molar-refractivity contribution >= 4 is 26.8 Å². The number of sulfonamides is 1. The van der Waals surface area contributed by atoms with Crippen molar-refractivity contribution in [2.24, 2.45) is 0 Å². The van der Waals surface area contributed by atoms with Crippen LogP contribution in [0.4, 0.5) is 0 Å². The average molecular weight is 551 g/mol. The standard InChI is InChI=1S/C30H38N4O4S/c1-33-16-15-31-14-7-17-39(36,37)32-30(35)22-12-13-24-26(18-22)34-19-23(33)20-38-27-11-6-5-10-25(27)29(34)28(24)21-8-3-2-4-9-21/h5-6,10-13,18,21,23,31H,2-4,7-9,14-17,19-20H2,1H3,(H,32,35)/t23-/m1/s1. The zero-order chi connectivity index (χ0) is 27.0. The molecule has 0 radical (unpaired) electrons. The highest BCUT2D eigenvalue weighted by atomic mass is 32.2. The summed E-state index contributed by atoms with van der Waals surface area (Å²) in [7, 11) is -1.60. The van der Waals surface area contributed by atoms with Gasteiger partial charge in [0.1, 0.15) is 12.4 Å². The first-order valence-electron chi connectivity index (χ1n) is 14.3. The number of ether oxygens (including phenoxy) is 1. The van der Waals surface area contributed by atoms with Gasteiger partial charge in [-0.15, -0.1) is 0 Å². The number of carbonyl (C=O) groups excluding carboxylic acids is 1. The molecule has 3 aromatic rings. The third kappa shape index (κ3) is 5.32. The highest BCUT2D eigenvalue weighted by Gasteiger charge is 2.31. The lowest BCUT2D eigenvalue weighted by atomic mass is 9.81. The van der Waals surface area contributed by atoms with E-state index in [0.29, 0.717) is 37.6 Å². The number of nitrogens with one attached hydrogen (secondary N) is 2. The second kappa shape index (κ2) is 10.9. The minimum Gasteiger partial charge on any atom is -0.491 e. The summed E-state index contributed by atoms with van der Waals surface area (Å²) in [4.78, 5) is 15.5. The van der Waals surface area contributed by atoms with Crippen molar-refractivity contribution in [3.63, 3.8) is 0 Å². The molecule has 8 nitrogen and oxygen atoms in total. The van der Waals surface area contributed by atoms with Gasteiger partial charge < -0.3 is 14.6 Å². The molecule has 1 atom stereocenters. The van der Waals surface area contributed by atoms with Crippen molar-refractivity contribution in [2.75, 3.05) is 39.0 Å². The van der Waals surface area contributed by atoms with Crippen LogP contribution in [0.25, 0.3) is 22.2 Å². The first-order chi connectivity index (χ1) is 18.9. The summed E-state index contributed by atoms with van der Waals surface area (Å²) in [5.74, 6) is 0.645. The van der Waals surface area contributed by atoms with Crippen LogP contribution < -0.4 is 14.8 Å². The summed E-state index contributed by atoms with van der Waals surface area (Å²) in [6.45, 7) is 3.40. The summed E-state index contributed by atoms with van der Waals surface area (Å²) >= 11 is 0. The van der Waals surface area contributed by atoms with E-state index in [0.717, 1.165) is 48.1 Å². The SMILES string of the molecule is CN1CCNCCCS(=O)(=O)NC(=O)c2ccc3c(C4CCCCC4)c4n(c3c2)C[C@@H]1COc1ccccc1-4. The van der Waals surface area contributed by atoms with Crippen LogP contribution in [0.15, 0.2) is 42.5 Å². The molecule has 0 saturated heterocycles. The van der Waals surface area contributed by atoms with Gasteiger partial charge in [0.15, 0.2) is 0 Å². The van der Waals surface area contributed by atoms with Crippen LogP contribution in [0.1, 0.15) is 60.4 Å². The maximum absolute atomic E-state index is 13.2. The third-order valence-corrected chi connectivity index (χ3v) is 9.95. The summed E-state index contributed by atoms with van der Waals surface area (Å²) in [5, 5.41) is 4.51. The van der Waals surface area contributed by atoms with Gasteiger partial charge in [-0.25, -0.2) is 13.1 Å². The van der Waals surface area contributed by atoms with Gasteiger partial charge in [-0.3, -0.25) is 9.69 Å². The predicted molar refractivity (Wildman–Crippen MR) is 154 cm³/mol. The van der Waals surface area contributed by atoms with Crippen LogP contribution in [-0.2, 0) is 16.6 Å². The van der Waals surface area contributed by atoms with E-state index >= 15 is 0 Å². The van der Waals surface area contributed by atoms with Crippen LogP contribution in [0.2, 0.25) is 0 Å². The Balaban J connectivity index is 1.58. The van der Waals surface area contributed by atoms with Crippen LogP contribution in [0.3, 0.4) is 0 Å². The molecule has 0 spiro atoms. The summed E-state index contributed by atoms with van der Waals surface area (Å²) in [6.07, 6.45) is 6.42. The Morgan fingerprint density at radius 3 is 2.67 bits per heavy atom. The van der Waals surface area contributed by atoms with Gasteiger partial charge >= 0.3 is 0 Å². The van der Waals surface area contributed by atoms with Gasteiger partial charge in [0.25, 0.3) is 5.91 Å². The number of carbonyl (C=O) groups is 1. The number of hydrogen-bond acceptors (Lipinski definition) is 6. The topological polar surface area (TPSA) is 92.7 Å². The quantitative estimate of drug-likeness (QED) is 0.474. The fraction of sp³-hybridized carbons (Fsp3) is 0.500. The fourth-order valence-electron chi connectivity index (χ4n) is 6.51. The average Bonchev–Trinajstić information content (AvgIpc) is 3.23. The van der Waals surface area contributed by atoms with Crippen LogP contribution >= 0.6 is 0 Å². The highest BCUT2D eigenvalue weighted by Crippen LogP contribution is 2.47. The molecule has 2 aliphatic heterocycles. The maximum Gasteiger partial charge on any atom is 0.264 e. The van der Waals surface area contributed by atoms with Gasteiger partial charge in [0.2, 0.25) is 10.0 Å². The minimum atomic E-state index is -3.72. The summed E-state index contributed by atoms with van der Waals surface area (Å²) < 4.78 is 36.5. The van der Waals surface area contributed by atoms with E-state index in [4.69, 9.17) is 4.74 Å². The summed E-state index contributed by atoms with van der Waals surface area (Å²) in [5.41, 5.74) is 4.94. The number of fused-ring (bicyclic) bond motifs is 4. The summed E-state index contributed by atoms with van der Waals surface area (Å²) in [6, 6.07) is 14.1. The molecule has 1 saturated carbocycles. The number of aromatic nitrogens is 1. The van der Waals surface area contributed by atoms with Crippen LogP contribution in [-0.4, -0.2) is 68.9 Å². The van der Waals surface area contributed by atoms with Gasteiger partial charge in [-0.05, 0) is 68.6 Å². The number of likely N-dealkylation sites (N-methyl/N-ethyl adjacent to an activating group) is 1. The molecular formula is C30H38N4O4S. The second-order valence-electron chi connectivity index (χ2n) is 11.2. The molecule has 1 fully saturated rings. The largest absolute Gasteiger partial charge is 0.491 e. The molecular weight excluding hydrogens is 512 g/mol. The maximum atomic E-state index is 13.2. The van der Waals surface area contributed by atoms with Crippen molar-refractivity contribution in [1.29, 1.82) is 0 Å². The predicted octanol–water partition coefficient (Wildman–Crippen LogP) is 4.10. The van der Waals surface area contributed by atoms with Crippen molar-refractivity contribution in [3.05, 3.63) is 53.6 Å². The van der Waals surface area contributed by atoms with Crippen LogP contribution in [0, 0.1) is 0 Å². The first-order valence-corrected chi connectivity index (χ1v) is 15.9. The lowest BCUT2D eigenvalue weighted by Gasteiger charge is -2.32. The van der Waals surface area contributed by atoms with Gasteiger partial charge in [-0.2, -0.15) is 0 Å². The molecule has 1 amide bonds. The van der Waals surface area contributed by atoms with Gasteiger partial charge in [0.05, 0.1) is 17.5 Å². The third-order valence-electron chi connectivity index (χ3n) is 8.63. The van der Waals surface area contributed by atoms with Gasteiger partial charge in [-0.1, -0.05) is 37.5 Å². The molecule has 1 aromatic heterocycles. The molecule has 1 aliphatic carbocycles. The highest BCUT2D eigenvalue weighted by molar-refractivity contribution is 7.90. The lowest BCUT2D eigenvalue weighted by Crippen LogP contribution is -2.44. The van der Waals surface area contributed by atoms with Crippen molar-refractivity contribution < 1.29 is 17.9 Å². The molecule has 208 valence electrons. The number of para-hydroxylation sites is 1.